The maximum absolute atomic E-state index is 5.56. The highest BCUT2D eigenvalue weighted by Gasteiger charge is 2.26. The van der Waals surface area contributed by atoms with E-state index in [1.165, 1.54) is 21.9 Å². The van der Waals surface area contributed by atoms with Gasteiger partial charge in [-0.25, -0.2) is 0 Å². The maximum Gasteiger partial charge on any atom is 0.193 e. The molecule has 0 saturated carbocycles. The zero-order chi connectivity index (χ0) is 18.4. The van der Waals surface area contributed by atoms with Crippen molar-refractivity contribution in [2.45, 2.75) is 31.6 Å². The summed E-state index contributed by atoms with van der Waals surface area (Å²) in [6.45, 7) is 11.2. The number of aliphatic imine (C=N–C) groups is 1. The van der Waals surface area contributed by atoms with Gasteiger partial charge in [0.05, 0.1) is 19.3 Å². The van der Waals surface area contributed by atoms with Gasteiger partial charge in [-0.15, -0.1) is 11.3 Å². The van der Waals surface area contributed by atoms with E-state index in [0.717, 1.165) is 57.1 Å². The van der Waals surface area contributed by atoms with Gasteiger partial charge in [-0.05, 0) is 25.5 Å². The molecule has 3 heterocycles. The molecule has 2 saturated heterocycles. The van der Waals surface area contributed by atoms with Crippen LogP contribution in [0.2, 0.25) is 0 Å². The van der Waals surface area contributed by atoms with E-state index in [4.69, 9.17) is 4.74 Å². The predicted molar refractivity (Wildman–Crippen MR) is 114 cm³/mol. The monoisotopic (exact) mass is 396 g/mol. The third-order valence-electron chi connectivity index (χ3n) is 5.14. The van der Waals surface area contributed by atoms with Crippen molar-refractivity contribution in [2.75, 3.05) is 58.7 Å². The summed E-state index contributed by atoms with van der Waals surface area (Å²) in [6, 6.07) is 4.90. The molecule has 5 nitrogen and oxygen atoms in total. The van der Waals surface area contributed by atoms with Gasteiger partial charge >= 0.3 is 0 Å². The number of morpholine rings is 1. The van der Waals surface area contributed by atoms with E-state index in [0.29, 0.717) is 6.04 Å². The van der Waals surface area contributed by atoms with Crippen molar-refractivity contribution in [3.05, 3.63) is 21.9 Å². The predicted octanol–water partition coefficient (Wildman–Crippen LogP) is 2.83. The zero-order valence-electron chi connectivity index (χ0n) is 16.2. The van der Waals surface area contributed by atoms with Gasteiger partial charge in [0.2, 0.25) is 0 Å². The minimum Gasteiger partial charge on any atom is -0.379 e. The summed E-state index contributed by atoms with van der Waals surface area (Å²) < 4.78 is 5.56. The van der Waals surface area contributed by atoms with Crippen LogP contribution in [0.1, 0.15) is 29.1 Å². The summed E-state index contributed by atoms with van der Waals surface area (Å²) in [6.07, 6.45) is 1.23. The molecule has 1 aromatic heterocycles. The summed E-state index contributed by atoms with van der Waals surface area (Å²) >= 11 is 4.01. The molecule has 3 rings (SSSR count). The highest BCUT2D eigenvalue weighted by molar-refractivity contribution is 8.00. The maximum atomic E-state index is 5.56. The zero-order valence-corrected chi connectivity index (χ0v) is 17.9. The van der Waals surface area contributed by atoms with Crippen LogP contribution in [0.5, 0.6) is 0 Å². The van der Waals surface area contributed by atoms with E-state index in [9.17, 15) is 0 Å². The first-order valence-electron chi connectivity index (χ1n) is 9.66. The van der Waals surface area contributed by atoms with Crippen LogP contribution >= 0.6 is 23.1 Å². The topological polar surface area (TPSA) is 40.1 Å². The number of aryl methyl sites for hydroxylation is 1. The smallest absolute Gasteiger partial charge is 0.193 e. The van der Waals surface area contributed by atoms with E-state index in [1.54, 1.807) is 0 Å². The molecule has 0 aromatic carbocycles. The molecular formula is C19H32N4OS2. The lowest BCUT2D eigenvalue weighted by molar-refractivity contribution is 0.0176. The summed E-state index contributed by atoms with van der Waals surface area (Å²) in [7, 11) is 1.91. The minimum absolute atomic E-state index is 0.385. The van der Waals surface area contributed by atoms with Crippen LogP contribution in [0.15, 0.2) is 17.1 Å². The first-order valence-corrected chi connectivity index (χ1v) is 11.5. The first kappa shape index (κ1) is 20.0. The second-order valence-corrected chi connectivity index (χ2v) is 9.62. The Morgan fingerprint density at radius 1 is 1.35 bits per heavy atom. The number of hydrogen-bond acceptors (Lipinski definition) is 5. The number of nitrogens with one attached hydrogen (secondary N) is 1. The summed E-state index contributed by atoms with van der Waals surface area (Å²) in [5, 5.41) is 4.40. The summed E-state index contributed by atoms with van der Waals surface area (Å²) in [5.74, 6) is 2.24. The molecule has 1 aromatic rings. The number of thioether (sulfide) groups is 1. The lowest BCUT2D eigenvalue weighted by Crippen LogP contribution is -2.50. The van der Waals surface area contributed by atoms with Gasteiger partial charge in [0.15, 0.2) is 5.96 Å². The van der Waals surface area contributed by atoms with E-state index in [1.807, 2.05) is 18.4 Å². The Hall–Kier alpha value is -0.760. The van der Waals surface area contributed by atoms with Crippen LogP contribution in [0.25, 0.3) is 0 Å². The lowest BCUT2D eigenvalue weighted by atomic mass is 10.2. The van der Waals surface area contributed by atoms with Crippen molar-refractivity contribution in [3.8, 4) is 0 Å². The van der Waals surface area contributed by atoms with E-state index < -0.39 is 0 Å². The molecule has 2 aliphatic heterocycles. The number of nitrogens with zero attached hydrogens (tertiary/aromatic N) is 3. The van der Waals surface area contributed by atoms with Crippen molar-refractivity contribution >= 4 is 29.1 Å². The normalized spacial score (nSPS) is 23.9. The molecule has 0 aliphatic carbocycles. The molecule has 146 valence electrons. The Labute approximate surface area is 166 Å². The van der Waals surface area contributed by atoms with Gasteiger partial charge in [0.1, 0.15) is 0 Å². The third-order valence-corrected chi connectivity index (χ3v) is 7.61. The molecule has 0 bridgehead atoms. The second kappa shape index (κ2) is 9.97. The van der Waals surface area contributed by atoms with Gasteiger partial charge < -0.3 is 15.0 Å². The van der Waals surface area contributed by atoms with Crippen molar-refractivity contribution in [1.82, 2.24) is 15.1 Å². The molecule has 0 amide bonds. The standard InChI is InChI=1S/C19H32N4OS2/c1-4-16-14-23(9-12-25-16)19(20-3)21-13-17(18-6-5-15(2)26-18)22-7-10-24-11-8-22/h5-6,16-17H,4,7-14H2,1-3H3,(H,20,21). The quantitative estimate of drug-likeness (QED) is 0.612. The number of ether oxygens (including phenoxy) is 1. The highest BCUT2D eigenvalue weighted by atomic mass is 32.2. The molecule has 2 aliphatic rings. The van der Waals surface area contributed by atoms with Crippen LogP contribution < -0.4 is 5.32 Å². The summed E-state index contributed by atoms with van der Waals surface area (Å²) in [4.78, 5) is 12.4. The molecule has 0 radical (unpaired) electrons. The molecule has 0 spiro atoms. The van der Waals surface area contributed by atoms with E-state index in [-0.39, 0.29) is 0 Å². The Morgan fingerprint density at radius 2 is 2.15 bits per heavy atom. The van der Waals surface area contributed by atoms with Crippen LogP contribution in [0.4, 0.5) is 0 Å². The first-order chi connectivity index (χ1) is 12.7. The van der Waals surface area contributed by atoms with Gasteiger partial charge in [0, 0.05) is 60.5 Å². The van der Waals surface area contributed by atoms with Crippen LogP contribution in [-0.4, -0.2) is 79.7 Å². The summed E-state index contributed by atoms with van der Waals surface area (Å²) in [5.41, 5.74) is 0. The van der Waals surface area contributed by atoms with Crippen molar-refractivity contribution in [3.63, 3.8) is 0 Å². The molecule has 1 N–H and O–H groups in total. The fourth-order valence-corrected chi connectivity index (χ4v) is 5.80. The molecule has 2 fully saturated rings. The molecular weight excluding hydrogens is 364 g/mol. The molecule has 26 heavy (non-hydrogen) atoms. The van der Waals surface area contributed by atoms with Gasteiger partial charge in [-0.2, -0.15) is 11.8 Å². The minimum atomic E-state index is 0.385. The van der Waals surface area contributed by atoms with Gasteiger partial charge in [0.25, 0.3) is 0 Å². The highest BCUT2D eigenvalue weighted by Crippen LogP contribution is 2.28. The number of hydrogen-bond donors (Lipinski definition) is 1. The Bertz CT molecular complexity index is 586. The largest absolute Gasteiger partial charge is 0.379 e. The SMILES string of the molecule is CCC1CN(C(=NC)NCC(c2ccc(C)s2)N2CCOCC2)CCS1. The average Bonchev–Trinajstić information content (AvgIpc) is 3.12. The van der Waals surface area contributed by atoms with Gasteiger partial charge in [-0.1, -0.05) is 6.92 Å². The van der Waals surface area contributed by atoms with Crippen molar-refractivity contribution in [1.29, 1.82) is 0 Å². The van der Waals surface area contributed by atoms with Crippen LogP contribution in [-0.2, 0) is 4.74 Å². The van der Waals surface area contributed by atoms with Crippen molar-refractivity contribution < 1.29 is 4.74 Å². The second-order valence-electron chi connectivity index (χ2n) is 6.89. The Balaban J connectivity index is 1.65. The fraction of sp³-hybridized carbons (Fsp3) is 0.737. The Kier molecular flexibility index (Phi) is 7.66. The molecule has 2 atom stereocenters. The van der Waals surface area contributed by atoms with E-state index in [2.05, 4.69) is 57.9 Å². The number of thiophene rings is 1. The van der Waals surface area contributed by atoms with E-state index >= 15 is 0 Å². The fourth-order valence-electron chi connectivity index (χ4n) is 3.61. The van der Waals surface area contributed by atoms with Gasteiger partial charge in [-0.3, -0.25) is 9.89 Å². The average molecular weight is 397 g/mol. The van der Waals surface area contributed by atoms with Crippen LogP contribution in [0.3, 0.4) is 0 Å². The number of rotatable bonds is 5. The lowest BCUT2D eigenvalue weighted by Gasteiger charge is -2.37. The molecule has 7 heteroatoms. The number of guanidine groups is 1. The molecule has 2 unspecified atom stereocenters. The third kappa shape index (κ3) is 5.15. The Morgan fingerprint density at radius 3 is 2.81 bits per heavy atom. The van der Waals surface area contributed by atoms with Crippen LogP contribution in [0, 0.1) is 6.92 Å². The van der Waals surface area contributed by atoms with Crippen molar-refractivity contribution in [2.24, 2.45) is 4.99 Å².